The standard InChI is InChI=1S/C40H22Cl6N6O4/c41-21-9-11-27(43)31(15-21)49-51-35-23-7-3-1-5-19(23)13-33(37(35)53)47-39(55)25-17-30(46)26(18-29(25)45)40(56)48-34-14-20-6-2-4-8-24(20)36(38(34)54)52-50-32-16-22(42)10-12-28(32)44/h1-18,53-54H,(H,47,55)(H,48,56). The summed E-state index contributed by atoms with van der Waals surface area (Å²) in [7, 11) is 0. The third-order valence-corrected chi connectivity index (χ3v) is 10.1. The van der Waals surface area contributed by atoms with Gasteiger partial charge < -0.3 is 20.8 Å². The summed E-state index contributed by atoms with van der Waals surface area (Å²) in [6.07, 6.45) is 0. The molecule has 0 heterocycles. The van der Waals surface area contributed by atoms with Crippen molar-refractivity contribution in [2.24, 2.45) is 20.5 Å². The Morgan fingerprint density at radius 3 is 1.27 bits per heavy atom. The Morgan fingerprint density at radius 1 is 0.464 bits per heavy atom. The smallest absolute Gasteiger partial charge is 0.257 e. The van der Waals surface area contributed by atoms with Gasteiger partial charge in [0.05, 0.1) is 42.6 Å². The molecule has 7 aromatic rings. The number of fused-ring (bicyclic) bond motifs is 2. The van der Waals surface area contributed by atoms with Crippen LogP contribution in [0.4, 0.5) is 34.1 Å². The van der Waals surface area contributed by atoms with E-state index in [-0.39, 0.29) is 76.8 Å². The molecule has 10 nitrogen and oxygen atoms in total. The number of carbonyl (C=O) groups is 2. The number of azo groups is 2. The molecule has 0 fully saturated rings. The highest BCUT2D eigenvalue weighted by atomic mass is 35.5. The molecule has 278 valence electrons. The first-order valence-corrected chi connectivity index (χ1v) is 18.5. The topological polar surface area (TPSA) is 148 Å². The Balaban J connectivity index is 1.17. The Bertz CT molecular complexity index is 2620. The number of halogens is 6. The van der Waals surface area contributed by atoms with Gasteiger partial charge in [0.25, 0.3) is 11.8 Å². The summed E-state index contributed by atoms with van der Waals surface area (Å²) >= 11 is 37.8. The molecule has 4 N–H and O–H groups in total. The van der Waals surface area contributed by atoms with Crippen LogP contribution in [-0.4, -0.2) is 22.0 Å². The lowest BCUT2D eigenvalue weighted by Gasteiger charge is -2.15. The van der Waals surface area contributed by atoms with Crippen LogP contribution in [0.3, 0.4) is 0 Å². The summed E-state index contributed by atoms with van der Waals surface area (Å²) < 4.78 is 0. The maximum absolute atomic E-state index is 13.6. The van der Waals surface area contributed by atoms with E-state index in [1.807, 2.05) is 0 Å². The monoisotopic (exact) mass is 860 g/mol. The highest BCUT2D eigenvalue weighted by molar-refractivity contribution is 6.39. The van der Waals surface area contributed by atoms with E-state index < -0.39 is 11.8 Å². The molecule has 0 aliphatic heterocycles. The quantitative estimate of drug-likeness (QED) is 0.0889. The number of amides is 2. The van der Waals surface area contributed by atoms with Gasteiger partial charge in [-0.1, -0.05) is 118 Å². The molecule has 2 amide bonds. The summed E-state index contributed by atoms with van der Waals surface area (Å²) in [6.45, 7) is 0. The van der Waals surface area contributed by atoms with Gasteiger partial charge in [-0.2, -0.15) is 0 Å². The summed E-state index contributed by atoms with van der Waals surface area (Å²) in [5.74, 6) is -2.28. The van der Waals surface area contributed by atoms with E-state index >= 15 is 0 Å². The number of nitrogens with one attached hydrogen (secondary N) is 2. The molecule has 0 unspecified atom stereocenters. The number of nitrogens with zero attached hydrogens (tertiary/aromatic N) is 4. The van der Waals surface area contributed by atoms with Crippen LogP contribution in [0.1, 0.15) is 20.7 Å². The second-order valence-electron chi connectivity index (χ2n) is 12.0. The van der Waals surface area contributed by atoms with E-state index in [9.17, 15) is 19.8 Å². The van der Waals surface area contributed by atoms with E-state index in [0.717, 1.165) is 0 Å². The lowest BCUT2D eigenvalue weighted by Crippen LogP contribution is -2.16. The highest BCUT2D eigenvalue weighted by Crippen LogP contribution is 2.45. The average molecular weight is 863 g/mol. The predicted octanol–water partition coefficient (Wildman–Crippen LogP) is 14.7. The molecule has 56 heavy (non-hydrogen) atoms. The molecule has 7 aromatic carbocycles. The molecule has 0 spiro atoms. The van der Waals surface area contributed by atoms with E-state index in [4.69, 9.17) is 69.6 Å². The molecule has 0 aromatic heterocycles. The molecule has 0 aliphatic carbocycles. The Kier molecular flexibility index (Phi) is 11.3. The van der Waals surface area contributed by atoms with Crippen molar-refractivity contribution < 1.29 is 19.8 Å². The van der Waals surface area contributed by atoms with Crippen LogP contribution in [0.25, 0.3) is 21.5 Å². The van der Waals surface area contributed by atoms with Crippen molar-refractivity contribution >= 4 is 137 Å². The van der Waals surface area contributed by atoms with Crippen molar-refractivity contribution in [3.63, 3.8) is 0 Å². The number of rotatable bonds is 8. The first kappa shape index (κ1) is 38.8. The van der Waals surface area contributed by atoms with E-state index in [1.165, 1.54) is 24.3 Å². The molecule has 0 atom stereocenters. The normalized spacial score (nSPS) is 11.5. The molecule has 0 saturated carbocycles. The van der Waals surface area contributed by atoms with Crippen molar-refractivity contribution in [3.8, 4) is 11.5 Å². The summed E-state index contributed by atoms with van der Waals surface area (Å²) in [5.41, 5.74) is 0.418. The number of hydrogen-bond acceptors (Lipinski definition) is 8. The number of phenolic OH excluding ortho intramolecular Hbond substituents is 2. The first-order valence-electron chi connectivity index (χ1n) is 16.2. The lowest BCUT2D eigenvalue weighted by atomic mass is 10.1. The predicted molar refractivity (Wildman–Crippen MR) is 225 cm³/mol. The maximum atomic E-state index is 13.6. The molecule has 0 saturated heterocycles. The average Bonchev–Trinajstić information content (AvgIpc) is 3.18. The minimum Gasteiger partial charge on any atom is -0.504 e. The summed E-state index contributed by atoms with van der Waals surface area (Å²) in [4.78, 5) is 27.2. The van der Waals surface area contributed by atoms with Crippen LogP contribution in [0, 0.1) is 0 Å². The van der Waals surface area contributed by atoms with Crippen molar-refractivity contribution in [3.05, 3.63) is 150 Å². The van der Waals surface area contributed by atoms with Gasteiger partial charge in [0.1, 0.15) is 22.7 Å². The van der Waals surface area contributed by atoms with Gasteiger partial charge in [0, 0.05) is 20.8 Å². The Morgan fingerprint density at radius 2 is 0.857 bits per heavy atom. The Labute approximate surface area is 347 Å². The second-order valence-corrected chi connectivity index (χ2v) is 14.5. The van der Waals surface area contributed by atoms with Crippen molar-refractivity contribution in [2.45, 2.75) is 0 Å². The van der Waals surface area contributed by atoms with Gasteiger partial charge in [0.15, 0.2) is 11.5 Å². The fourth-order valence-electron chi connectivity index (χ4n) is 5.63. The van der Waals surface area contributed by atoms with Gasteiger partial charge in [-0.15, -0.1) is 20.5 Å². The van der Waals surface area contributed by atoms with Gasteiger partial charge in [0.2, 0.25) is 0 Å². The van der Waals surface area contributed by atoms with Gasteiger partial charge >= 0.3 is 0 Å². The van der Waals surface area contributed by atoms with Crippen molar-refractivity contribution in [2.75, 3.05) is 10.6 Å². The van der Waals surface area contributed by atoms with E-state index in [1.54, 1.807) is 84.9 Å². The molecule has 0 aliphatic rings. The fraction of sp³-hybridized carbons (Fsp3) is 0. The molecule has 16 heteroatoms. The minimum atomic E-state index is -0.753. The van der Waals surface area contributed by atoms with Crippen LogP contribution < -0.4 is 10.6 Å². The number of benzene rings is 7. The van der Waals surface area contributed by atoms with Gasteiger partial charge in [-0.3, -0.25) is 9.59 Å². The Hall–Kier alpha value is -5.46. The van der Waals surface area contributed by atoms with Crippen LogP contribution in [-0.2, 0) is 0 Å². The first-order chi connectivity index (χ1) is 26.9. The van der Waals surface area contributed by atoms with E-state index in [2.05, 4.69) is 31.1 Å². The minimum absolute atomic E-state index is 0.00813. The molecule has 7 rings (SSSR count). The SMILES string of the molecule is O=C(Nc1cc2ccccc2c(N=Nc2cc(Cl)ccc2Cl)c1O)c1cc(Cl)c(C(=O)Nc2cc3ccccc3c(N=Nc3cc(Cl)ccc3Cl)c2O)cc1Cl. The highest BCUT2D eigenvalue weighted by Gasteiger charge is 2.23. The number of carbonyl (C=O) groups excluding carboxylic acids is 2. The van der Waals surface area contributed by atoms with Crippen LogP contribution in [0.5, 0.6) is 11.5 Å². The largest absolute Gasteiger partial charge is 0.504 e. The maximum Gasteiger partial charge on any atom is 0.257 e. The zero-order valence-electron chi connectivity index (χ0n) is 28.2. The molecular weight excluding hydrogens is 841 g/mol. The number of aromatic hydroxyl groups is 2. The van der Waals surface area contributed by atoms with Gasteiger partial charge in [-0.05, 0) is 71.4 Å². The van der Waals surface area contributed by atoms with Crippen LogP contribution in [0.2, 0.25) is 30.1 Å². The zero-order chi connectivity index (χ0) is 39.7. The number of phenols is 2. The van der Waals surface area contributed by atoms with Crippen LogP contribution in [0.15, 0.2) is 130 Å². The molecule has 0 radical (unpaired) electrons. The lowest BCUT2D eigenvalue weighted by molar-refractivity contribution is 0.101. The summed E-state index contributed by atoms with van der Waals surface area (Å²) in [5, 5.41) is 48.2. The fourth-order valence-corrected chi connectivity index (χ4v) is 6.78. The number of hydrogen-bond donors (Lipinski definition) is 4. The van der Waals surface area contributed by atoms with Crippen molar-refractivity contribution in [1.82, 2.24) is 0 Å². The zero-order valence-corrected chi connectivity index (χ0v) is 32.7. The second kappa shape index (κ2) is 16.3. The van der Waals surface area contributed by atoms with Crippen LogP contribution >= 0.6 is 69.6 Å². The van der Waals surface area contributed by atoms with E-state index in [0.29, 0.717) is 31.6 Å². The number of anilines is 2. The summed E-state index contributed by atoms with van der Waals surface area (Å²) in [6, 6.07) is 29.0. The molecular formula is C40H22Cl6N6O4. The third-order valence-electron chi connectivity index (χ3n) is 8.36. The van der Waals surface area contributed by atoms with Gasteiger partial charge in [-0.25, -0.2) is 0 Å². The molecule has 0 bridgehead atoms. The third kappa shape index (κ3) is 8.08. The van der Waals surface area contributed by atoms with Crippen molar-refractivity contribution in [1.29, 1.82) is 0 Å².